The Bertz CT molecular complexity index is 686. The number of amidine groups is 1. The highest BCUT2D eigenvalue weighted by molar-refractivity contribution is 7.99. The van der Waals surface area contributed by atoms with E-state index in [0.717, 1.165) is 21.2 Å². The topological polar surface area (TPSA) is 62.8 Å². The molecule has 0 bridgehead atoms. The summed E-state index contributed by atoms with van der Waals surface area (Å²) >= 11 is 13.4. The third-order valence-electron chi connectivity index (χ3n) is 2.68. The SMILES string of the molecule is Cc1cc(Sc2ccc(Cl)c(Cl)c2)c(C(=N)N)c(C)n1. The molecule has 2 aromatic rings. The van der Waals surface area contributed by atoms with Crippen molar-refractivity contribution in [3.63, 3.8) is 0 Å². The second-order valence-corrected chi connectivity index (χ2v) is 6.24. The van der Waals surface area contributed by atoms with Crippen molar-refractivity contribution in [3.8, 4) is 0 Å². The summed E-state index contributed by atoms with van der Waals surface area (Å²) in [6.07, 6.45) is 0. The molecule has 20 heavy (non-hydrogen) atoms. The predicted molar refractivity (Wildman–Crippen MR) is 85.3 cm³/mol. The van der Waals surface area contributed by atoms with Crippen LogP contribution in [-0.4, -0.2) is 10.8 Å². The highest BCUT2D eigenvalue weighted by Gasteiger charge is 2.13. The second kappa shape index (κ2) is 6.04. The number of nitrogens with one attached hydrogen (secondary N) is 1. The molecule has 0 radical (unpaired) electrons. The number of pyridine rings is 1. The van der Waals surface area contributed by atoms with Crippen molar-refractivity contribution in [2.24, 2.45) is 5.73 Å². The molecule has 0 spiro atoms. The second-order valence-electron chi connectivity index (χ2n) is 4.31. The summed E-state index contributed by atoms with van der Waals surface area (Å²) in [7, 11) is 0. The molecule has 1 heterocycles. The Morgan fingerprint density at radius 1 is 1.20 bits per heavy atom. The first-order valence-electron chi connectivity index (χ1n) is 5.84. The first-order chi connectivity index (χ1) is 9.38. The van der Waals surface area contributed by atoms with Crippen LogP contribution in [0.5, 0.6) is 0 Å². The molecule has 0 saturated carbocycles. The van der Waals surface area contributed by atoms with E-state index in [9.17, 15) is 0 Å². The van der Waals surface area contributed by atoms with Crippen molar-refractivity contribution >= 4 is 40.8 Å². The number of hydrogen-bond donors (Lipinski definition) is 2. The van der Waals surface area contributed by atoms with Crippen molar-refractivity contribution in [3.05, 3.63) is 51.3 Å². The van der Waals surface area contributed by atoms with Crippen LogP contribution in [0, 0.1) is 19.3 Å². The minimum absolute atomic E-state index is 0.0116. The van der Waals surface area contributed by atoms with Gasteiger partial charge in [-0.15, -0.1) is 0 Å². The summed E-state index contributed by atoms with van der Waals surface area (Å²) in [5, 5.41) is 8.73. The zero-order valence-electron chi connectivity index (χ0n) is 11.0. The van der Waals surface area contributed by atoms with Crippen LogP contribution >= 0.6 is 35.0 Å². The number of rotatable bonds is 3. The van der Waals surface area contributed by atoms with E-state index in [1.807, 2.05) is 26.0 Å². The fourth-order valence-electron chi connectivity index (χ4n) is 1.87. The summed E-state index contributed by atoms with van der Waals surface area (Å²) < 4.78 is 0. The van der Waals surface area contributed by atoms with Gasteiger partial charge in [0.25, 0.3) is 0 Å². The van der Waals surface area contributed by atoms with Crippen molar-refractivity contribution in [1.29, 1.82) is 5.41 Å². The van der Waals surface area contributed by atoms with Crippen LogP contribution in [0.1, 0.15) is 17.0 Å². The van der Waals surface area contributed by atoms with E-state index >= 15 is 0 Å². The number of aryl methyl sites for hydroxylation is 2. The maximum absolute atomic E-state index is 7.71. The van der Waals surface area contributed by atoms with Crippen molar-refractivity contribution in [2.75, 3.05) is 0 Å². The number of hydrogen-bond acceptors (Lipinski definition) is 3. The molecule has 3 nitrogen and oxygen atoms in total. The van der Waals surface area contributed by atoms with Crippen molar-refractivity contribution < 1.29 is 0 Å². The van der Waals surface area contributed by atoms with Gasteiger partial charge in [-0.05, 0) is 38.1 Å². The van der Waals surface area contributed by atoms with Gasteiger partial charge < -0.3 is 5.73 Å². The van der Waals surface area contributed by atoms with E-state index < -0.39 is 0 Å². The minimum Gasteiger partial charge on any atom is -0.384 e. The third kappa shape index (κ3) is 3.26. The molecule has 6 heteroatoms. The molecule has 0 fully saturated rings. The maximum atomic E-state index is 7.71. The fraction of sp³-hybridized carbons (Fsp3) is 0.143. The number of halogens is 2. The van der Waals surface area contributed by atoms with Crippen LogP contribution in [-0.2, 0) is 0 Å². The maximum Gasteiger partial charge on any atom is 0.125 e. The smallest absolute Gasteiger partial charge is 0.125 e. The van der Waals surface area contributed by atoms with Gasteiger partial charge in [0, 0.05) is 21.2 Å². The van der Waals surface area contributed by atoms with Gasteiger partial charge in [0.2, 0.25) is 0 Å². The monoisotopic (exact) mass is 325 g/mol. The van der Waals surface area contributed by atoms with Crippen LogP contribution < -0.4 is 5.73 Å². The Morgan fingerprint density at radius 3 is 2.50 bits per heavy atom. The Morgan fingerprint density at radius 2 is 1.90 bits per heavy atom. The lowest BCUT2D eigenvalue weighted by molar-refractivity contribution is 1.07. The minimum atomic E-state index is 0.0116. The summed E-state index contributed by atoms with van der Waals surface area (Å²) in [5.74, 6) is 0.0116. The molecule has 0 aliphatic carbocycles. The summed E-state index contributed by atoms with van der Waals surface area (Å²) in [6, 6.07) is 7.34. The Hall–Kier alpha value is -1.23. The number of nitrogens with two attached hydrogens (primary N) is 1. The molecule has 1 aromatic heterocycles. The molecule has 0 unspecified atom stereocenters. The average Bonchev–Trinajstić information content (AvgIpc) is 2.32. The van der Waals surface area contributed by atoms with Crippen LogP contribution in [0.3, 0.4) is 0 Å². The van der Waals surface area contributed by atoms with E-state index in [-0.39, 0.29) is 5.84 Å². The fourth-order valence-corrected chi connectivity index (χ4v) is 3.39. The van der Waals surface area contributed by atoms with Gasteiger partial charge in [0.1, 0.15) is 5.84 Å². The van der Waals surface area contributed by atoms with Crippen molar-refractivity contribution in [2.45, 2.75) is 23.6 Å². The lowest BCUT2D eigenvalue weighted by Gasteiger charge is -2.12. The zero-order chi connectivity index (χ0) is 14.9. The van der Waals surface area contributed by atoms with Crippen LogP contribution in [0.2, 0.25) is 10.0 Å². The molecule has 104 valence electrons. The number of benzene rings is 1. The molecule has 0 atom stereocenters. The first-order valence-corrected chi connectivity index (χ1v) is 7.41. The van der Waals surface area contributed by atoms with Gasteiger partial charge in [-0.2, -0.15) is 0 Å². The quantitative estimate of drug-likeness (QED) is 0.647. The molecule has 1 aromatic carbocycles. The normalized spacial score (nSPS) is 10.6. The molecule has 0 saturated heterocycles. The number of nitrogens with zero attached hydrogens (tertiary/aromatic N) is 1. The largest absolute Gasteiger partial charge is 0.384 e. The van der Waals surface area contributed by atoms with E-state index in [1.54, 1.807) is 12.1 Å². The highest BCUT2D eigenvalue weighted by atomic mass is 35.5. The van der Waals surface area contributed by atoms with E-state index in [4.69, 9.17) is 34.3 Å². The van der Waals surface area contributed by atoms with Gasteiger partial charge in [-0.25, -0.2) is 0 Å². The lowest BCUT2D eigenvalue weighted by atomic mass is 10.1. The van der Waals surface area contributed by atoms with Gasteiger partial charge in [-0.3, -0.25) is 10.4 Å². The molecule has 0 aliphatic heterocycles. The molecular weight excluding hydrogens is 313 g/mol. The highest BCUT2D eigenvalue weighted by Crippen LogP contribution is 2.35. The number of aromatic nitrogens is 1. The predicted octanol–water partition coefficient (Wildman–Crippen LogP) is 4.44. The van der Waals surface area contributed by atoms with Crippen molar-refractivity contribution in [1.82, 2.24) is 4.98 Å². The summed E-state index contributed by atoms with van der Waals surface area (Å²) in [4.78, 5) is 6.17. The van der Waals surface area contributed by atoms with Crippen LogP contribution in [0.4, 0.5) is 0 Å². The Labute approximate surface area is 132 Å². The van der Waals surface area contributed by atoms with Gasteiger partial charge in [-0.1, -0.05) is 35.0 Å². The summed E-state index contributed by atoms with van der Waals surface area (Å²) in [6.45, 7) is 3.76. The molecule has 2 rings (SSSR count). The van der Waals surface area contributed by atoms with Gasteiger partial charge >= 0.3 is 0 Å². The molecule has 0 amide bonds. The first kappa shape index (κ1) is 15.2. The van der Waals surface area contributed by atoms with Crippen LogP contribution in [0.25, 0.3) is 0 Å². The lowest BCUT2D eigenvalue weighted by Crippen LogP contribution is -2.15. The van der Waals surface area contributed by atoms with E-state index in [2.05, 4.69) is 4.98 Å². The van der Waals surface area contributed by atoms with E-state index in [0.29, 0.717) is 15.6 Å². The molecule has 3 N–H and O–H groups in total. The average molecular weight is 326 g/mol. The molecular formula is C14H13Cl2N3S. The van der Waals surface area contributed by atoms with E-state index in [1.165, 1.54) is 11.8 Å². The Kier molecular flexibility index (Phi) is 4.58. The zero-order valence-corrected chi connectivity index (χ0v) is 13.3. The Balaban J connectivity index is 2.47. The number of nitrogen functional groups attached to an aromatic ring is 1. The van der Waals surface area contributed by atoms with Crippen LogP contribution in [0.15, 0.2) is 34.1 Å². The van der Waals surface area contributed by atoms with Gasteiger partial charge in [0.05, 0.1) is 15.6 Å². The molecule has 0 aliphatic rings. The summed E-state index contributed by atoms with van der Waals surface area (Å²) in [5.41, 5.74) is 7.95. The van der Waals surface area contributed by atoms with Gasteiger partial charge in [0.15, 0.2) is 0 Å². The standard InChI is InChI=1S/C14H13Cl2N3S/c1-7-5-12(13(14(17)18)8(2)19-7)20-9-3-4-10(15)11(16)6-9/h3-6H,1-2H3,(H3,17,18). The third-order valence-corrected chi connectivity index (χ3v) is 4.45.